The molecule has 2 aromatic heterocycles. The lowest BCUT2D eigenvalue weighted by molar-refractivity contribution is -0.168. The number of furan rings is 2. The van der Waals surface area contributed by atoms with Crippen molar-refractivity contribution in [1.29, 1.82) is 0 Å². The summed E-state index contributed by atoms with van der Waals surface area (Å²) >= 11 is 0. The van der Waals surface area contributed by atoms with Crippen molar-refractivity contribution < 1.29 is 18.4 Å². The maximum Gasteiger partial charge on any atom is 0.290 e. The topological polar surface area (TPSA) is 59.1 Å². The van der Waals surface area contributed by atoms with Crippen molar-refractivity contribution in [3.63, 3.8) is 0 Å². The SMILES string of the molecule is Cc1ccoc1C(=O)N1CC2(CC[C@@H](CN(C)Cc3ccco3)CO2)C1. The number of ether oxygens (including phenoxy) is 1. The van der Waals surface area contributed by atoms with Gasteiger partial charge in [-0.2, -0.15) is 0 Å². The molecule has 2 aliphatic rings. The highest BCUT2D eigenvalue weighted by Crippen LogP contribution is 2.37. The number of likely N-dealkylation sites (tertiary alicyclic amines) is 1. The molecule has 0 bridgehead atoms. The molecule has 0 aliphatic carbocycles. The Hall–Kier alpha value is -2.05. The molecular weight excluding hydrogens is 332 g/mol. The van der Waals surface area contributed by atoms with E-state index in [2.05, 4.69) is 11.9 Å². The summed E-state index contributed by atoms with van der Waals surface area (Å²) in [6, 6.07) is 5.75. The molecule has 6 heteroatoms. The van der Waals surface area contributed by atoms with Gasteiger partial charge in [0.2, 0.25) is 0 Å². The van der Waals surface area contributed by atoms with Crippen LogP contribution in [0.2, 0.25) is 0 Å². The first-order valence-electron chi connectivity index (χ1n) is 9.23. The summed E-state index contributed by atoms with van der Waals surface area (Å²) in [4.78, 5) is 16.6. The number of hydrogen-bond acceptors (Lipinski definition) is 5. The van der Waals surface area contributed by atoms with E-state index in [0.717, 1.165) is 43.9 Å². The minimum atomic E-state index is -0.147. The van der Waals surface area contributed by atoms with Gasteiger partial charge in [-0.05, 0) is 50.9 Å². The van der Waals surface area contributed by atoms with E-state index in [-0.39, 0.29) is 11.5 Å². The molecule has 26 heavy (non-hydrogen) atoms. The van der Waals surface area contributed by atoms with Gasteiger partial charge in [0.25, 0.3) is 5.91 Å². The van der Waals surface area contributed by atoms with Gasteiger partial charge in [0.15, 0.2) is 5.76 Å². The molecule has 0 saturated carbocycles. The highest BCUT2D eigenvalue weighted by Gasteiger charge is 2.49. The molecule has 0 N–H and O–H groups in total. The Morgan fingerprint density at radius 3 is 2.77 bits per heavy atom. The molecule has 2 saturated heterocycles. The van der Waals surface area contributed by atoms with Crippen LogP contribution in [-0.2, 0) is 11.3 Å². The second-order valence-corrected chi connectivity index (χ2v) is 7.77. The van der Waals surface area contributed by atoms with Crippen LogP contribution in [0.5, 0.6) is 0 Å². The Kier molecular flexibility index (Phi) is 4.63. The average molecular weight is 358 g/mol. The van der Waals surface area contributed by atoms with Crippen molar-refractivity contribution in [2.75, 3.05) is 33.3 Å². The largest absolute Gasteiger partial charge is 0.468 e. The van der Waals surface area contributed by atoms with Gasteiger partial charge in [-0.15, -0.1) is 0 Å². The van der Waals surface area contributed by atoms with Gasteiger partial charge >= 0.3 is 0 Å². The third-order valence-electron chi connectivity index (χ3n) is 5.51. The summed E-state index contributed by atoms with van der Waals surface area (Å²) in [5, 5.41) is 0. The van der Waals surface area contributed by atoms with Crippen molar-refractivity contribution in [3.05, 3.63) is 47.8 Å². The van der Waals surface area contributed by atoms with Gasteiger partial charge in [-0.25, -0.2) is 0 Å². The molecule has 2 fully saturated rings. The second kappa shape index (κ2) is 6.93. The molecule has 140 valence electrons. The second-order valence-electron chi connectivity index (χ2n) is 7.77. The molecule has 4 heterocycles. The quantitative estimate of drug-likeness (QED) is 0.822. The number of carbonyl (C=O) groups excluding carboxylic acids is 1. The van der Waals surface area contributed by atoms with Gasteiger partial charge in [0, 0.05) is 12.1 Å². The van der Waals surface area contributed by atoms with E-state index >= 15 is 0 Å². The molecule has 4 rings (SSSR count). The Bertz CT molecular complexity index is 736. The number of amides is 1. The van der Waals surface area contributed by atoms with E-state index in [1.54, 1.807) is 12.5 Å². The molecule has 0 radical (unpaired) electrons. The summed E-state index contributed by atoms with van der Waals surface area (Å²) in [5.74, 6) is 1.94. The van der Waals surface area contributed by atoms with E-state index in [4.69, 9.17) is 13.6 Å². The molecule has 1 spiro atoms. The molecule has 1 atom stereocenters. The standard InChI is InChI=1S/C20H26N2O4/c1-15-6-9-25-18(15)19(23)22-13-20(14-22)7-5-16(12-26-20)10-21(2)11-17-4-3-8-24-17/h3-4,6,8-9,16H,5,7,10-14H2,1-2H3/t16-/m0/s1. The Morgan fingerprint density at radius 1 is 1.31 bits per heavy atom. The van der Waals surface area contributed by atoms with Crippen LogP contribution in [0.3, 0.4) is 0 Å². The number of hydrogen-bond donors (Lipinski definition) is 0. The van der Waals surface area contributed by atoms with Crippen molar-refractivity contribution >= 4 is 5.91 Å². The van der Waals surface area contributed by atoms with E-state index in [1.165, 1.54) is 0 Å². The van der Waals surface area contributed by atoms with Gasteiger partial charge in [0.05, 0.1) is 38.8 Å². The monoisotopic (exact) mass is 358 g/mol. The minimum absolute atomic E-state index is 0.0259. The Balaban J connectivity index is 1.23. The third kappa shape index (κ3) is 3.44. The summed E-state index contributed by atoms with van der Waals surface area (Å²) in [6.45, 7) is 5.80. The fourth-order valence-electron chi connectivity index (χ4n) is 4.01. The first-order valence-corrected chi connectivity index (χ1v) is 9.23. The van der Waals surface area contributed by atoms with E-state index in [9.17, 15) is 4.79 Å². The maximum absolute atomic E-state index is 12.5. The van der Waals surface area contributed by atoms with Crippen LogP contribution in [0.4, 0.5) is 0 Å². The zero-order chi connectivity index (χ0) is 18.1. The lowest BCUT2D eigenvalue weighted by atomic mass is 9.82. The van der Waals surface area contributed by atoms with Crippen LogP contribution in [0.15, 0.2) is 39.6 Å². The van der Waals surface area contributed by atoms with Crippen LogP contribution in [0.25, 0.3) is 0 Å². The maximum atomic E-state index is 12.5. The van der Waals surface area contributed by atoms with Crippen molar-refractivity contribution in [2.45, 2.75) is 31.9 Å². The lowest BCUT2D eigenvalue weighted by Crippen LogP contribution is -2.66. The molecule has 0 unspecified atom stereocenters. The number of nitrogens with zero attached hydrogens (tertiary/aromatic N) is 2. The van der Waals surface area contributed by atoms with Crippen molar-refractivity contribution in [1.82, 2.24) is 9.80 Å². The molecular formula is C20H26N2O4. The molecule has 2 aromatic rings. The van der Waals surface area contributed by atoms with E-state index in [1.807, 2.05) is 30.0 Å². The Morgan fingerprint density at radius 2 is 2.15 bits per heavy atom. The number of rotatable bonds is 5. The predicted octanol–water partition coefficient (Wildman–Crippen LogP) is 2.93. The third-order valence-corrected chi connectivity index (χ3v) is 5.51. The lowest BCUT2D eigenvalue weighted by Gasteiger charge is -2.52. The van der Waals surface area contributed by atoms with Gasteiger partial charge in [-0.3, -0.25) is 9.69 Å². The molecule has 6 nitrogen and oxygen atoms in total. The highest BCUT2D eigenvalue weighted by molar-refractivity contribution is 5.93. The van der Waals surface area contributed by atoms with Crippen molar-refractivity contribution in [2.24, 2.45) is 5.92 Å². The van der Waals surface area contributed by atoms with Gasteiger partial charge in [0.1, 0.15) is 11.4 Å². The molecule has 2 aliphatic heterocycles. The van der Waals surface area contributed by atoms with Crippen LogP contribution in [0, 0.1) is 12.8 Å². The van der Waals surface area contributed by atoms with Crippen LogP contribution >= 0.6 is 0 Å². The van der Waals surface area contributed by atoms with Crippen molar-refractivity contribution in [3.8, 4) is 0 Å². The van der Waals surface area contributed by atoms with E-state index < -0.39 is 0 Å². The van der Waals surface area contributed by atoms with Crippen LogP contribution in [-0.4, -0.2) is 54.6 Å². The van der Waals surface area contributed by atoms with Crippen LogP contribution < -0.4 is 0 Å². The summed E-state index contributed by atoms with van der Waals surface area (Å²) < 4.78 is 16.9. The normalized spacial score (nSPS) is 22.0. The fraction of sp³-hybridized carbons (Fsp3) is 0.550. The predicted molar refractivity (Wildman–Crippen MR) is 95.8 cm³/mol. The summed E-state index contributed by atoms with van der Waals surface area (Å²) in [5.41, 5.74) is 0.742. The molecule has 1 amide bonds. The van der Waals surface area contributed by atoms with Gasteiger partial charge in [-0.1, -0.05) is 0 Å². The highest BCUT2D eigenvalue weighted by atomic mass is 16.5. The Labute approximate surface area is 153 Å². The summed E-state index contributed by atoms with van der Waals surface area (Å²) in [7, 11) is 2.11. The zero-order valence-electron chi connectivity index (χ0n) is 15.4. The number of carbonyl (C=O) groups is 1. The summed E-state index contributed by atoms with van der Waals surface area (Å²) in [6.07, 6.45) is 5.42. The first kappa shape index (κ1) is 17.4. The minimum Gasteiger partial charge on any atom is -0.468 e. The zero-order valence-corrected chi connectivity index (χ0v) is 15.4. The smallest absolute Gasteiger partial charge is 0.290 e. The van der Waals surface area contributed by atoms with Gasteiger partial charge < -0.3 is 18.5 Å². The van der Waals surface area contributed by atoms with E-state index in [0.29, 0.717) is 24.8 Å². The average Bonchev–Trinajstić information content (AvgIpc) is 3.24. The number of aryl methyl sites for hydroxylation is 1. The molecule has 0 aromatic carbocycles. The fourth-order valence-corrected chi connectivity index (χ4v) is 4.01. The first-order chi connectivity index (χ1) is 12.5. The van der Waals surface area contributed by atoms with Crippen LogP contribution in [0.1, 0.15) is 34.7 Å².